The zero-order valence-electron chi connectivity index (χ0n) is 7.49. The number of nitrogens with zero attached hydrogens (tertiary/aromatic N) is 2. The molecule has 0 saturated carbocycles. The van der Waals surface area contributed by atoms with Crippen LogP contribution in [0.2, 0.25) is 0 Å². The second-order valence-electron chi connectivity index (χ2n) is 3.23. The lowest BCUT2D eigenvalue weighted by atomic mass is 10.2. The average Bonchev–Trinajstić information content (AvgIpc) is 2.69. The number of aromatic amines is 1. The molecule has 1 fully saturated rings. The van der Waals surface area contributed by atoms with Crippen LogP contribution in [-0.2, 0) is 6.54 Å². The van der Waals surface area contributed by atoms with Crippen molar-refractivity contribution in [2.24, 2.45) is 0 Å². The molecule has 4 nitrogen and oxygen atoms in total. The van der Waals surface area contributed by atoms with Crippen molar-refractivity contribution in [1.82, 2.24) is 20.5 Å². The molecule has 0 radical (unpaired) electrons. The van der Waals surface area contributed by atoms with E-state index in [1.165, 1.54) is 24.3 Å². The predicted octanol–water partition coefficient (Wildman–Crippen LogP) is 0.790. The van der Waals surface area contributed by atoms with Crippen LogP contribution in [0.1, 0.15) is 18.7 Å². The molecule has 2 rings (SSSR count). The molecule has 0 amide bonds. The first-order chi connectivity index (χ1) is 6.45. The van der Waals surface area contributed by atoms with Gasteiger partial charge in [-0.1, -0.05) is 0 Å². The van der Waals surface area contributed by atoms with Crippen LogP contribution in [0.25, 0.3) is 0 Å². The third-order valence-corrected chi connectivity index (χ3v) is 3.40. The first-order valence-corrected chi connectivity index (χ1v) is 5.76. The lowest BCUT2D eigenvalue weighted by molar-refractivity contribution is 0.499. The molecule has 0 bridgehead atoms. The van der Waals surface area contributed by atoms with Gasteiger partial charge in [0, 0.05) is 11.8 Å². The standard InChI is InChI=1S/C8H14N4S/c1-2-7(5-13-3-1)9-4-8-10-6-11-12-8/h6-7,9H,1-5H2,(H,10,11,12). The van der Waals surface area contributed by atoms with Crippen LogP contribution < -0.4 is 5.32 Å². The molecule has 1 unspecified atom stereocenters. The molecular formula is C8H14N4S. The SMILES string of the molecule is c1n[nH]c(CNC2CCCSC2)n1. The zero-order chi connectivity index (χ0) is 8.93. The van der Waals surface area contributed by atoms with Gasteiger partial charge in [-0.2, -0.15) is 16.9 Å². The van der Waals surface area contributed by atoms with Gasteiger partial charge in [0.25, 0.3) is 0 Å². The van der Waals surface area contributed by atoms with E-state index in [-0.39, 0.29) is 0 Å². The van der Waals surface area contributed by atoms with Gasteiger partial charge in [0.2, 0.25) is 0 Å². The van der Waals surface area contributed by atoms with Crippen LogP contribution in [-0.4, -0.2) is 32.7 Å². The van der Waals surface area contributed by atoms with Crippen LogP contribution in [0.3, 0.4) is 0 Å². The Morgan fingerprint density at radius 1 is 1.69 bits per heavy atom. The van der Waals surface area contributed by atoms with Crippen LogP contribution >= 0.6 is 11.8 Å². The van der Waals surface area contributed by atoms with Gasteiger partial charge in [-0.25, -0.2) is 4.98 Å². The molecular weight excluding hydrogens is 184 g/mol. The molecule has 1 atom stereocenters. The maximum absolute atomic E-state index is 4.06. The summed E-state index contributed by atoms with van der Waals surface area (Å²) in [6.45, 7) is 0.811. The van der Waals surface area contributed by atoms with E-state index >= 15 is 0 Å². The second-order valence-corrected chi connectivity index (χ2v) is 4.38. The van der Waals surface area contributed by atoms with Crippen molar-refractivity contribution in [3.05, 3.63) is 12.2 Å². The van der Waals surface area contributed by atoms with Gasteiger partial charge in [0.05, 0.1) is 6.54 Å². The highest BCUT2D eigenvalue weighted by atomic mass is 32.2. The maximum Gasteiger partial charge on any atom is 0.138 e. The molecule has 1 saturated heterocycles. The predicted molar refractivity (Wildman–Crippen MR) is 53.6 cm³/mol. The summed E-state index contributed by atoms with van der Waals surface area (Å²) in [5.41, 5.74) is 0. The fraction of sp³-hybridized carbons (Fsp3) is 0.750. The van der Waals surface area contributed by atoms with Gasteiger partial charge in [-0.15, -0.1) is 0 Å². The normalized spacial score (nSPS) is 23.2. The number of hydrogen-bond donors (Lipinski definition) is 2. The van der Waals surface area contributed by atoms with Crippen molar-refractivity contribution in [3.8, 4) is 0 Å². The third kappa shape index (κ3) is 2.70. The van der Waals surface area contributed by atoms with Crippen molar-refractivity contribution >= 4 is 11.8 Å². The summed E-state index contributed by atoms with van der Waals surface area (Å²) in [4.78, 5) is 4.06. The Balaban J connectivity index is 1.72. The van der Waals surface area contributed by atoms with Crippen LogP contribution in [0.5, 0.6) is 0 Å². The highest BCUT2D eigenvalue weighted by molar-refractivity contribution is 7.99. The summed E-state index contributed by atoms with van der Waals surface area (Å²) >= 11 is 2.03. The Bertz CT molecular complexity index is 230. The molecule has 2 N–H and O–H groups in total. The van der Waals surface area contributed by atoms with E-state index in [0.29, 0.717) is 6.04 Å². The highest BCUT2D eigenvalue weighted by Gasteiger charge is 2.12. The number of aromatic nitrogens is 3. The highest BCUT2D eigenvalue weighted by Crippen LogP contribution is 2.16. The van der Waals surface area contributed by atoms with Crippen LogP contribution in [0, 0.1) is 0 Å². The molecule has 72 valence electrons. The minimum Gasteiger partial charge on any atom is -0.306 e. The summed E-state index contributed by atoms with van der Waals surface area (Å²) in [5.74, 6) is 3.48. The summed E-state index contributed by atoms with van der Waals surface area (Å²) in [6.07, 6.45) is 4.17. The molecule has 1 aliphatic rings. The lowest BCUT2D eigenvalue weighted by Gasteiger charge is -2.21. The van der Waals surface area contributed by atoms with Gasteiger partial charge in [0.15, 0.2) is 0 Å². The van der Waals surface area contributed by atoms with Crippen molar-refractivity contribution < 1.29 is 0 Å². The third-order valence-electron chi connectivity index (χ3n) is 2.18. The number of H-pyrrole nitrogens is 1. The van der Waals surface area contributed by atoms with Gasteiger partial charge in [0.1, 0.15) is 12.2 Å². The fourth-order valence-electron chi connectivity index (χ4n) is 1.46. The fourth-order valence-corrected chi connectivity index (χ4v) is 2.57. The van der Waals surface area contributed by atoms with E-state index in [1.807, 2.05) is 11.8 Å². The molecule has 1 aliphatic heterocycles. The Kier molecular flexibility index (Phi) is 3.21. The summed E-state index contributed by atoms with van der Waals surface area (Å²) < 4.78 is 0. The van der Waals surface area contributed by atoms with Gasteiger partial charge in [-0.3, -0.25) is 5.10 Å². The number of rotatable bonds is 3. The summed E-state index contributed by atoms with van der Waals surface area (Å²) in [6, 6.07) is 0.656. The first kappa shape index (κ1) is 9.02. The minimum atomic E-state index is 0.656. The molecule has 5 heteroatoms. The Labute approximate surface area is 81.9 Å². The van der Waals surface area contributed by atoms with E-state index in [1.54, 1.807) is 6.33 Å². The van der Waals surface area contributed by atoms with E-state index in [2.05, 4.69) is 20.5 Å². The quantitative estimate of drug-likeness (QED) is 0.754. The smallest absolute Gasteiger partial charge is 0.138 e. The molecule has 2 heterocycles. The van der Waals surface area contributed by atoms with Crippen molar-refractivity contribution in [2.45, 2.75) is 25.4 Å². The molecule has 13 heavy (non-hydrogen) atoms. The topological polar surface area (TPSA) is 53.6 Å². The first-order valence-electron chi connectivity index (χ1n) is 4.60. The van der Waals surface area contributed by atoms with E-state index in [9.17, 15) is 0 Å². The minimum absolute atomic E-state index is 0.656. The van der Waals surface area contributed by atoms with Crippen LogP contribution in [0.15, 0.2) is 6.33 Å². The molecule has 1 aromatic heterocycles. The Morgan fingerprint density at radius 3 is 3.38 bits per heavy atom. The van der Waals surface area contributed by atoms with Gasteiger partial charge < -0.3 is 5.32 Å². The van der Waals surface area contributed by atoms with Crippen molar-refractivity contribution in [3.63, 3.8) is 0 Å². The van der Waals surface area contributed by atoms with Crippen molar-refractivity contribution in [2.75, 3.05) is 11.5 Å². The monoisotopic (exact) mass is 198 g/mol. The second kappa shape index (κ2) is 4.62. The number of hydrogen-bond acceptors (Lipinski definition) is 4. The maximum atomic E-state index is 4.06. The Hall–Kier alpha value is -0.550. The molecule has 0 aromatic carbocycles. The van der Waals surface area contributed by atoms with E-state index in [0.717, 1.165) is 12.4 Å². The van der Waals surface area contributed by atoms with Gasteiger partial charge >= 0.3 is 0 Å². The molecule has 0 spiro atoms. The van der Waals surface area contributed by atoms with E-state index in [4.69, 9.17) is 0 Å². The Morgan fingerprint density at radius 2 is 2.69 bits per heavy atom. The van der Waals surface area contributed by atoms with E-state index < -0.39 is 0 Å². The average molecular weight is 198 g/mol. The zero-order valence-corrected chi connectivity index (χ0v) is 8.31. The number of thioether (sulfide) groups is 1. The summed E-state index contributed by atoms with van der Waals surface area (Å²) in [7, 11) is 0. The largest absolute Gasteiger partial charge is 0.306 e. The molecule has 1 aromatic rings. The van der Waals surface area contributed by atoms with Crippen molar-refractivity contribution in [1.29, 1.82) is 0 Å². The summed E-state index contributed by atoms with van der Waals surface area (Å²) in [5, 5.41) is 10.1. The number of nitrogens with one attached hydrogen (secondary N) is 2. The van der Waals surface area contributed by atoms with Gasteiger partial charge in [-0.05, 0) is 18.6 Å². The lowest BCUT2D eigenvalue weighted by Crippen LogP contribution is -2.33. The van der Waals surface area contributed by atoms with Crippen LogP contribution in [0.4, 0.5) is 0 Å². The molecule has 0 aliphatic carbocycles.